The molecule has 0 aromatic heterocycles. The zero-order valence-corrected chi connectivity index (χ0v) is 15.2. The van der Waals surface area contributed by atoms with Gasteiger partial charge in [0.05, 0.1) is 16.9 Å². The summed E-state index contributed by atoms with van der Waals surface area (Å²) in [7, 11) is -0.763. The molecule has 122 valence electrons. The molecule has 3 nitrogen and oxygen atoms in total. The number of hydrogen-bond acceptors (Lipinski definition) is 4. The van der Waals surface area contributed by atoms with Gasteiger partial charge in [-0.1, -0.05) is 30.5 Å². The van der Waals surface area contributed by atoms with Gasteiger partial charge in [0.1, 0.15) is 5.82 Å². The van der Waals surface area contributed by atoms with E-state index < -0.39 is 18.3 Å². The van der Waals surface area contributed by atoms with Crippen LogP contribution in [0.2, 0.25) is 5.02 Å². The Balaban J connectivity index is 2.28. The van der Waals surface area contributed by atoms with Gasteiger partial charge in [-0.05, 0) is 46.2 Å². The van der Waals surface area contributed by atoms with Gasteiger partial charge in [0.25, 0.3) is 0 Å². The van der Waals surface area contributed by atoms with E-state index >= 15 is 0 Å². The number of halogens is 2. The molecule has 22 heavy (non-hydrogen) atoms. The van der Waals surface area contributed by atoms with Crippen molar-refractivity contribution >= 4 is 41.8 Å². The summed E-state index contributed by atoms with van der Waals surface area (Å²) in [4.78, 5) is 0. The van der Waals surface area contributed by atoms with E-state index in [0.29, 0.717) is 16.2 Å². The van der Waals surface area contributed by atoms with E-state index in [0.717, 1.165) is 12.2 Å². The molecular weight excluding hydrogens is 324 g/mol. The van der Waals surface area contributed by atoms with E-state index in [2.05, 4.69) is 11.6 Å². The first-order valence-corrected chi connectivity index (χ1v) is 8.76. The van der Waals surface area contributed by atoms with Crippen molar-refractivity contribution in [2.75, 3.05) is 10.5 Å². The molecule has 1 fully saturated rings. The lowest BCUT2D eigenvalue weighted by Crippen LogP contribution is -2.41. The molecule has 0 amide bonds. The molecule has 2 rings (SSSR count). The summed E-state index contributed by atoms with van der Waals surface area (Å²) in [5.74, 6) is 0.504. The molecule has 1 aromatic rings. The van der Waals surface area contributed by atoms with E-state index in [4.69, 9.17) is 20.9 Å². The Labute approximate surface area is 141 Å². The van der Waals surface area contributed by atoms with Gasteiger partial charge >= 0.3 is 7.12 Å². The highest BCUT2D eigenvalue weighted by Crippen LogP contribution is 2.37. The molecule has 7 heteroatoms. The molecule has 0 aliphatic carbocycles. The van der Waals surface area contributed by atoms with Gasteiger partial charge in [0, 0.05) is 16.2 Å². The lowest BCUT2D eigenvalue weighted by molar-refractivity contribution is 0.00578. The first kappa shape index (κ1) is 17.9. The van der Waals surface area contributed by atoms with Crippen molar-refractivity contribution in [3.05, 3.63) is 23.0 Å². The number of anilines is 1. The van der Waals surface area contributed by atoms with Gasteiger partial charge in [-0.3, -0.25) is 0 Å². The number of nitrogens with one attached hydrogen (secondary N) is 1. The van der Waals surface area contributed by atoms with Crippen LogP contribution < -0.4 is 10.2 Å². The van der Waals surface area contributed by atoms with Gasteiger partial charge in [-0.25, -0.2) is 4.39 Å². The maximum absolute atomic E-state index is 14.7. The van der Waals surface area contributed by atoms with Crippen LogP contribution in [0.1, 0.15) is 41.0 Å². The minimum absolute atomic E-state index is 0.325. The molecular formula is C15H22BClFNO2S. The van der Waals surface area contributed by atoms with E-state index in [-0.39, 0.29) is 5.82 Å². The Kier molecular flexibility index (Phi) is 5.37. The lowest BCUT2D eigenvalue weighted by Gasteiger charge is -2.32. The van der Waals surface area contributed by atoms with Crippen molar-refractivity contribution < 1.29 is 13.7 Å². The fourth-order valence-electron chi connectivity index (χ4n) is 2.06. The van der Waals surface area contributed by atoms with Crippen LogP contribution in [0.4, 0.5) is 10.1 Å². The van der Waals surface area contributed by atoms with Gasteiger partial charge in [0.2, 0.25) is 0 Å². The largest absolute Gasteiger partial charge is 0.497 e. The molecule has 1 aromatic carbocycles. The Morgan fingerprint density at radius 2 is 1.82 bits per heavy atom. The number of rotatable bonds is 5. The number of benzene rings is 1. The van der Waals surface area contributed by atoms with Crippen LogP contribution in [0.25, 0.3) is 0 Å². The first-order chi connectivity index (χ1) is 10.2. The second-order valence-corrected chi connectivity index (χ2v) is 7.73. The molecule has 0 atom stereocenters. The third-order valence-corrected chi connectivity index (χ3v) is 5.26. The monoisotopic (exact) mass is 345 g/mol. The molecule has 0 unspecified atom stereocenters. The Bertz CT molecular complexity index is 541. The maximum atomic E-state index is 14.7. The fraction of sp³-hybridized carbons (Fsp3) is 0.600. The summed E-state index contributed by atoms with van der Waals surface area (Å²) < 4.78 is 29.6. The average Bonchev–Trinajstić information content (AvgIpc) is 2.62. The Morgan fingerprint density at radius 3 is 2.36 bits per heavy atom. The van der Waals surface area contributed by atoms with Crippen molar-refractivity contribution in [2.45, 2.75) is 52.2 Å². The summed E-state index contributed by atoms with van der Waals surface area (Å²) in [5, 5.41) is 0.450. The minimum atomic E-state index is -0.763. The molecule has 1 aliphatic heterocycles. The van der Waals surface area contributed by atoms with Crippen molar-refractivity contribution in [1.29, 1.82) is 0 Å². The second-order valence-electron chi connectivity index (χ2n) is 6.40. The van der Waals surface area contributed by atoms with Crippen molar-refractivity contribution in [1.82, 2.24) is 0 Å². The average molecular weight is 346 g/mol. The predicted octanol–water partition coefficient (Wildman–Crippen LogP) is 4.25. The van der Waals surface area contributed by atoms with Gasteiger partial charge < -0.3 is 14.0 Å². The molecule has 1 N–H and O–H groups in total. The Hall–Kier alpha value is -0.425. The van der Waals surface area contributed by atoms with Crippen molar-refractivity contribution in [2.24, 2.45) is 0 Å². The third kappa shape index (κ3) is 3.56. The van der Waals surface area contributed by atoms with Crippen molar-refractivity contribution in [3.63, 3.8) is 0 Å². The van der Waals surface area contributed by atoms with Crippen LogP contribution in [0, 0.1) is 5.82 Å². The minimum Gasteiger partial charge on any atom is -0.399 e. The van der Waals surface area contributed by atoms with Crippen LogP contribution in [0.15, 0.2) is 12.1 Å². The lowest BCUT2D eigenvalue weighted by atomic mass is 9.78. The highest BCUT2D eigenvalue weighted by atomic mass is 35.5. The Morgan fingerprint density at radius 1 is 1.23 bits per heavy atom. The highest BCUT2D eigenvalue weighted by Gasteiger charge is 2.52. The van der Waals surface area contributed by atoms with Crippen LogP contribution in [0.3, 0.4) is 0 Å². The summed E-state index contributed by atoms with van der Waals surface area (Å²) in [6.07, 6.45) is 1.00. The van der Waals surface area contributed by atoms with Crippen LogP contribution >= 0.6 is 23.5 Å². The summed E-state index contributed by atoms with van der Waals surface area (Å²) in [5.41, 5.74) is -0.352. The summed E-state index contributed by atoms with van der Waals surface area (Å²) >= 11 is 7.58. The van der Waals surface area contributed by atoms with Gasteiger partial charge in [0.15, 0.2) is 0 Å². The van der Waals surface area contributed by atoms with Gasteiger partial charge in [-0.15, -0.1) is 0 Å². The second kappa shape index (κ2) is 6.60. The summed E-state index contributed by atoms with van der Waals surface area (Å²) in [6, 6.07) is 3.14. The smallest absolute Gasteiger partial charge is 0.399 e. The maximum Gasteiger partial charge on any atom is 0.497 e. The number of hydrogen-bond donors (Lipinski definition) is 1. The molecule has 0 radical (unpaired) electrons. The third-order valence-electron chi connectivity index (χ3n) is 4.06. The van der Waals surface area contributed by atoms with Crippen LogP contribution in [-0.2, 0) is 9.31 Å². The molecule has 1 saturated heterocycles. The van der Waals surface area contributed by atoms with E-state index in [1.807, 2.05) is 27.7 Å². The summed E-state index contributed by atoms with van der Waals surface area (Å²) in [6.45, 7) is 9.81. The molecule has 0 bridgehead atoms. The van der Waals surface area contributed by atoms with Gasteiger partial charge in [-0.2, -0.15) is 0 Å². The molecule has 0 saturated carbocycles. The normalized spacial score (nSPS) is 19.5. The molecule has 1 heterocycles. The zero-order valence-electron chi connectivity index (χ0n) is 13.6. The standard InChI is InChI=1S/C15H22BClFNO2S/c1-6-7-22-19-12-9-10(17)8-11(13(12)18)16-20-14(2,3)15(4,5)21-16/h8-9,19H,6-7H2,1-5H3. The topological polar surface area (TPSA) is 30.5 Å². The first-order valence-electron chi connectivity index (χ1n) is 7.40. The van der Waals surface area contributed by atoms with Crippen molar-refractivity contribution in [3.8, 4) is 0 Å². The predicted molar refractivity (Wildman–Crippen MR) is 93.5 cm³/mol. The highest BCUT2D eigenvalue weighted by molar-refractivity contribution is 8.00. The molecule has 0 spiro atoms. The van der Waals surface area contributed by atoms with Crippen LogP contribution in [-0.4, -0.2) is 24.1 Å². The zero-order chi connectivity index (χ0) is 16.5. The van der Waals surface area contributed by atoms with E-state index in [9.17, 15) is 4.39 Å². The SMILES string of the molecule is CCCSNc1cc(Cl)cc(B2OC(C)(C)C(C)(C)O2)c1F. The van der Waals surface area contributed by atoms with E-state index in [1.165, 1.54) is 11.9 Å². The van der Waals surface area contributed by atoms with Crippen LogP contribution in [0.5, 0.6) is 0 Å². The molecule has 1 aliphatic rings. The quantitative estimate of drug-likeness (QED) is 0.491. The fourth-order valence-corrected chi connectivity index (χ4v) is 2.89. The van der Waals surface area contributed by atoms with E-state index in [1.54, 1.807) is 12.1 Å².